The molecule has 3 nitrogen and oxygen atoms in total. The van der Waals surface area contributed by atoms with Crippen molar-refractivity contribution in [2.24, 2.45) is 0 Å². The maximum absolute atomic E-state index is 5.54. The molecule has 0 spiro atoms. The number of hydrogen-bond acceptors (Lipinski definition) is 3. The third-order valence-electron chi connectivity index (χ3n) is 4.44. The molecule has 1 aliphatic heterocycles. The lowest BCUT2D eigenvalue weighted by molar-refractivity contribution is 0.142. The first-order valence-corrected chi connectivity index (χ1v) is 8.43. The van der Waals surface area contributed by atoms with Gasteiger partial charge in [0.05, 0.1) is 0 Å². The Morgan fingerprint density at radius 3 is 2.62 bits per heavy atom. The van der Waals surface area contributed by atoms with E-state index in [2.05, 4.69) is 48.3 Å². The predicted octanol–water partition coefficient (Wildman–Crippen LogP) is 3.19. The predicted molar refractivity (Wildman–Crippen MR) is 88.4 cm³/mol. The van der Waals surface area contributed by atoms with Crippen molar-refractivity contribution in [3.63, 3.8) is 0 Å². The zero-order valence-corrected chi connectivity index (χ0v) is 13.6. The summed E-state index contributed by atoms with van der Waals surface area (Å²) < 4.78 is 5.54. The molecule has 1 aromatic carbocycles. The molecule has 0 bridgehead atoms. The summed E-state index contributed by atoms with van der Waals surface area (Å²) in [6, 6.07) is 9.44. The molecule has 0 aromatic heterocycles. The number of nitrogens with zero attached hydrogens (tertiary/aromatic N) is 1. The van der Waals surface area contributed by atoms with Crippen LogP contribution in [0.2, 0.25) is 0 Å². The second-order valence-electron chi connectivity index (χ2n) is 5.85. The highest BCUT2D eigenvalue weighted by Crippen LogP contribution is 2.14. The largest absolute Gasteiger partial charge is 0.381 e. The zero-order valence-electron chi connectivity index (χ0n) is 13.6. The summed E-state index contributed by atoms with van der Waals surface area (Å²) in [5.41, 5.74) is 2.90. The van der Waals surface area contributed by atoms with E-state index >= 15 is 0 Å². The molecule has 2 rings (SSSR count). The molecule has 118 valence electrons. The topological polar surface area (TPSA) is 24.5 Å². The molecule has 1 unspecified atom stereocenters. The molecule has 0 aliphatic carbocycles. The lowest BCUT2D eigenvalue weighted by Crippen LogP contribution is -2.30. The Morgan fingerprint density at radius 1 is 1.10 bits per heavy atom. The van der Waals surface area contributed by atoms with E-state index in [9.17, 15) is 0 Å². The van der Waals surface area contributed by atoms with Gasteiger partial charge in [-0.1, -0.05) is 38.1 Å². The van der Waals surface area contributed by atoms with Crippen LogP contribution >= 0.6 is 0 Å². The molecule has 1 aliphatic rings. The normalized spacial score (nSPS) is 19.7. The first-order chi connectivity index (χ1) is 10.3. The van der Waals surface area contributed by atoms with Crippen molar-refractivity contribution in [1.82, 2.24) is 10.2 Å². The average Bonchev–Trinajstić information content (AvgIpc) is 2.80. The minimum absolute atomic E-state index is 0.606. The second kappa shape index (κ2) is 9.19. The van der Waals surface area contributed by atoms with Gasteiger partial charge in [-0.05, 0) is 43.5 Å². The van der Waals surface area contributed by atoms with Crippen molar-refractivity contribution in [2.45, 2.75) is 52.2 Å². The zero-order chi connectivity index (χ0) is 14.9. The SMILES string of the molecule is CCN(CC)Cc1ccccc1CNC1CCCOCC1. The molecule has 1 saturated heterocycles. The van der Waals surface area contributed by atoms with Crippen LogP contribution in [0.25, 0.3) is 0 Å². The van der Waals surface area contributed by atoms with Gasteiger partial charge in [-0.25, -0.2) is 0 Å². The molecule has 1 fully saturated rings. The summed E-state index contributed by atoms with van der Waals surface area (Å²) in [5.74, 6) is 0. The van der Waals surface area contributed by atoms with Gasteiger partial charge in [-0.15, -0.1) is 0 Å². The van der Waals surface area contributed by atoms with Crippen LogP contribution in [0.15, 0.2) is 24.3 Å². The molecule has 0 saturated carbocycles. The van der Waals surface area contributed by atoms with Gasteiger partial charge >= 0.3 is 0 Å². The summed E-state index contributed by atoms with van der Waals surface area (Å²) in [4.78, 5) is 2.47. The second-order valence-corrected chi connectivity index (χ2v) is 5.85. The van der Waals surface area contributed by atoms with Crippen LogP contribution in [0.3, 0.4) is 0 Å². The van der Waals surface area contributed by atoms with E-state index in [-0.39, 0.29) is 0 Å². The van der Waals surface area contributed by atoms with E-state index in [1.54, 1.807) is 0 Å². The highest BCUT2D eigenvalue weighted by Gasteiger charge is 2.13. The van der Waals surface area contributed by atoms with Crippen LogP contribution in [0.5, 0.6) is 0 Å². The van der Waals surface area contributed by atoms with E-state index in [0.717, 1.165) is 45.8 Å². The number of nitrogens with one attached hydrogen (secondary N) is 1. The molecule has 0 amide bonds. The Labute approximate surface area is 129 Å². The van der Waals surface area contributed by atoms with Crippen LogP contribution in [-0.2, 0) is 17.8 Å². The lowest BCUT2D eigenvalue weighted by atomic mass is 10.0. The Hall–Kier alpha value is -0.900. The Kier molecular flexibility index (Phi) is 7.20. The van der Waals surface area contributed by atoms with Gasteiger partial charge in [0.2, 0.25) is 0 Å². The van der Waals surface area contributed by atoms with Crippen LogP contribution in [0.4, 0.5) is 0 Å². The van der Waals surface area contributed by atoms with Crippen molar-refractivity contribution in [1.29, 1.82) is 0 Å². The Balaban J connectivity index is 1.92. The molecular formula is C18H30N2O. The van der Waals surface area contributed by atoms with Gasteiger partial charge in [0, 0.05) is 32.3 Å². The fraction of sp³-hybridized carbons (Fsp3) is 0.667. The van der Waals surface area contributed by atoms with E-state index in [1.165, 1.54) is 24.0 Å². The van der Waals surface area contributed by atoms with Crippen LogP contribution in [-0.4, -0.2) is 37.2 Å². The number of rotatable bonds is 7. The number of ether oxygens (including phenoxy) is 1. The Bertz CT molecular complexity index is 396. The lowest BCUT2D eigenvalue weighted by Gasteiger charge is -2.21. The fourth-order valence-electron chi connectivity index (χ4n) is 2.93. The Morgan fingerprint density at radius 2 is 1.86 bits per heavy atom. The summed E-state index contributed by atoms with van der Waals surface area (Å²) in [7, 11) is 0. The molecule has 1 heterocycles. The molecule has 21 heavy (non-hydrogen) atoms. The highest BCUT2D eigenvalue weighted by molar-refractivity contribution is 5.27. The minimum Gasteiger partial charge on any atom is -0.381 e. The van der Waals surface area contributed by atoms with Gasteiger partial charge in [-0.2, -0.15) is 0 Å². The number of benzene rings is 1. The molecule has 0 radical (unpaired) electrons. The van der Waals surface area contributed by atoms with Gasteiger partial charge in [0.1, 0.15) is 0 Å². The van der Waals surface area contributed by atoms with E-state index in [1.807, 2.05) is 0 Å². The summed E-state index contributed by atoms with van der Waals surface area (Å²) >= 11 is 0. The van der Waals surface area contributed by atoms with Gasteiger partial charge in [0.25, 0.3) is 0 Å². The van der Waals surface area contributed by atoms with E-state index < -0.39 is 0 Å². The van der Waals surface area contributed by atoms with Gasteiger partial charge in [0.15, 0.2) is 0 Å². The maximum atomic E-state index is 5.54. The van der Waals surface area contributed by atoms with Crippen LogP contribution in [0, 0.1) is 0 Å². The van der Waals surface area contributed by atoms with Gasteiger partial charge in [-0.3, -0.25) is 4.90 Å². The molecule has 3 heteroatoms. The van der Waals surface area contributed by atoms with Crippen LogP contribution in [0.1, 0.15) is 44.2 Å². The maximum Gasteiger partial charge on any atom is 0.0480 e. The van der Waals surface area contributed by atoms with Crippen molar-refractivity contribution < 1.29 is 4.74 Å². The summed E-state index contributed by atoms with van der Waals surface area (Å²) in [6.07, 6.45) is 3.55. The minimum atomic E-state index is 0.606. The standard InChI is InChI=1S/C18H30N2O/c1-3-20(4-2)15-17-9-6-5-8-16(17)14-19-18-10-7-12-21-13-11-18/h5-6,8-9,18-19H,3-4,7,10-15H2,1-2H3. The molecule has 1 N–H and O–H groups in total. The summed E-state index contributed by atoms with van der Waals surface area (Å²) in [6.45, 7) is 10.5. The summed E-state index contributed by atoms with van der Waals surface area (Å²) in [5, 5.41) is 3.73. The monoisotopic (exact) mass is 290 g/mol. The highest BCUT2D eigenvalue weighted by atomic mass is 16.5. The molecular weight excluding hydrogens is 260 g/mol. The number of hydrogen-bond donors (Lipinski definition) is 1. The van der Waals surface area contributed by atoms with Crippen LogP contribution < -0.4 is 5.32 Å². The van der Waals surface area contributed by atoms with E-state index in [4.69, 9.17) is 4.74 Å². The first kappa shape index (κ1) is 16.5. The smallest absolute Gasteiger partial charge is 0.0480 e. The quantitative estimate of drug-likeness (QED) is 0.834. The third kappa shape index (κ3) is 5.42. The molecule has 1 aromatic rings. The fourth-order valence-corrected chi connectivity index (χ4v) is 2.93. The average molecular weight is 290 g/mol. The van der Waals surface area contributed by atoms with E-state index in [0.29, 0.717) is 6.04 Å². The molecule has 1 atom stereocenters. The van der Waals surface area contributed by atoms with Gasteiger partial charge < -0.3 is 10.1 Å². The van der Waals surface area contributed by atoms with Crippen molar-refractivity contribution in [3.8, 4) is 0 Å². The first-order valence-electron chi connectivity index (χ1n) is 8.43. The van der Waals surface area contributed by atoms with Crippen molar-refractivity contribution >= 4 is 0 Å². The van der Waals surface area contributed by atoms with Crippen molar-refractivity contribution in [3.05, 3.63) is 35.4 Å². The van der Waals surface area contributed by atoms with Crippen molar-refractivity contribution in [2.75, 3.05) is 26.3 Å². The third-order valence-corrected chi connectivity index (χ3v) is 4.44.